The molecular formula is C19H20N6O. The van der Waals surface area contributed by atoms with Crippen molar-refractivity contribution in [2.24, 2.45) is 0 Å². The fraction of sp³-hybridized carbons (Fsp3) is 0.316. The molecule has 4 heterocycles. The molecule has 5 rings (SSSR count). The fourth-order valence-corrected chi connectivity index (χ4v) is 4.04. The molecule has 7 heteroatoms. The molecule has 2 aliphatic heterocycles. The van der Waals surface area contributed by atoms with Gasteiger partial charge in [-0.05, 0) is 24.6 Å². The van der Waals surface area contributed by atoms with Crippen molar-refractivity contribution in [3.63, 3.8) is 0 Å². The number of nitrogen functional groups attached to an aromatic ring is 1. The third-order valence-corrected chi connectivity index (χ3v) is 5.23. The summed E-state index contributed by atoms with van der Waals surface area (Å²) in [4.78, 5) is 18.2. The predicted molar refractivity (Wildman–Crippen MR) is 101 cm³/mol. The Balaban J connectivity index is 1.60. The van der Waals surface area contributed by atoms with E-state index >= 15 is 0 Å². The van der Waals surface area contributed by atoms with Gasteiger partial charge in [-0.2, -0.15) is 4.98 Å². The van der Waals surface area contributed by atoms with Crippen molar-refractivity contribution in [3.8, 4) is 0 Å². The molecule has 3 N–H and O–H groups in total. The zero-order valence-corrected chi connectivity index (χ0v) is 14.3. The molecule has 0 saturated carbocycles. The van der Waals surface area contributed by atoms with E-state index in [0.29, 0.717) is 24.9 Å². The lowest BCUT2D eigenvalue weighted by atomic mass is 10.2. The largest absolute Gasteiger partial charge is 0.391 e. The number of aliphatic hydroxyl groups excluding tert-OH is 1. The van der Waals surface area contributed by atoms with E-state index in [9.17, 15) is 5.11 Å². The third-order valence-electron chi connectivity index (χ3n) is 5.23. The first-order valence-corrected chi connectivity index (χ1v) is 8.85. The topological polar surface area (TPSA) is 91.4 Å². The van der Waals surface area contributed by atoms with Gasteiger partial charge in [-0.15, -0.1) is 0 Å². The van der Waals surface area contributed by atoms with E-state index in [1.165, 1.54) is 0 Å². The summed E-state index contributed by atoms with van der Waals surface area (Å²) in [5, 5.41) is 11.0. The van der Waals surface area contributed by atoms with E-state index in [-0.39, 0.29) is 12.1 Å². The van der Waals surface area contributed by atoms with Crippen molar-refractivity contribution in [2.45, 2.75) is 25.1 Å². The molecule has 26 heavy (non-hydrogen) atoms. The van der Waals surface area contributed by atoms with Gasteiger partial charge in [0.2, 0.25) is 5.95 Å². The Morgan fingerprint density at radius 3 is 2.88 bits per heavy atom. The van der Waals surface area contributed by atoms with Crippen molar-refractivity contribution >= 4 is 28.5 Å². The van der Waals surface area contributed by atoms with Crippen LogP contribution < -0.4 is 15.5 Å². The third kappa shape index (κ3) is 2.43. The standard InChI is InChI=1S/C19H20N6O/c20-17-15-5-1-2-6-16(15)22-19(23-17)24-9-12-4-3-7-21-18(12)25-11-14(26)8-13(25)10-24/h1-7,13-14,26H,8-11H2,(H2,20,22,23)/t13-,14-/m1/s1. The first kappa shape index (κ1) is 15.3. The van der Waals surface area contributed by atoms with Gasteiger partial charge in [0.1, 0.15) is 11.6 Å². The number of aromatic nitrogens is 3. The number of nitrogens with zero attached hydrogens (tertiary/aromatic N) is 5. The van der Waals surface area contributed by atoms with E-state index in [0.717, 1.165) is 35.2 Å². The van der Waals surface area contributed by atoms with Crippen LogP contribution in [0.15, 0.2) is 42.6 Å². The molecule has 0 amide bonds. The highest BCUT2D eigenvalue weighted by Crippen LogP contribution is 2.33. The SMILES string of the molecule is Nc1nc(N2Cc3cccnc3N3C[C@H](O)C[C@@H]3C2)nc2ccccc12. The maximum Gasteiger partial charge on any atom is 0.228 e. The van der Waals surface area contributed by atoms with Crippen molar-refractivity contribution < 1.29 is 5.11 Å². The lowest BCUT2D eigenvalue weighted by molar-refractivity contribution is 0.194. The monoisotopic (exact) mass is 348 g/mol. The highest BCUT2D eigenvalue weighted by molar-refractivity contribution is 5.88. The first-order valence-electron chi connectivity index (χ1n) is 8.85. The average molecular weight is 348 g/mol. The lowest BCUT2D eigenvalue weighted by Gasteiger charge is -2.26. The Hall–Kier alpha value is -2.93. The van der Waals surface area contributed by atoms with Gasteiger partial charge in [-0.25, -0.2) is 9.97 Å². The molecule has 0 unspecified atom stereocenters. The minimum Gasteiger partial charge on any atom is -0.391 e. The summed E-state index contributed by atoms with van der Waals surface area (Å²) in [6.45, 7) is 2.01. The number of pyridine rings is 1. The molecule has 2 aliphatic rings. The molecule has 3 aromatic rings. The van der Waals surface area contributed by atoms with Crippen LogP contribution in [0.3, 0.4) is 0 Å². The lowest BCUT2D eigenvalue weighted by Crippen LogP contribution is -2.38. The molecule has 0 spiro atoms. The summed E-state index contributed by atoms with van der Waals surface area (Å²) >= 11 is 0. The second kappa shape index (κ2) is 5.81. The Morgan fingerprint density at radius 1 is 1.08 bits per heavy atom. The molecule has 132 valence electrons. The molecular weight excluding hydrogens is 328 g/mol. The van der Waals surface area contributed by atoms with Gasteiger partial charge in [0.25, 0.3) is 0 Å². The molecule has 0 radical (unpaired) electrons. The minimum absolute atomic E-state index is 0.178. The summed E-state index contributed by atoms with van der Waals surface area (Å²) in [6, 6.07) is 12.0. The number of para-hydroxylation sites is 1. The quantitative estimate of drug-likeness (QED) is 0.689. The smallest absolute Gasteiger partial charge is 0.228 e. The first-order chi connectivity index (χ1) is 12.7. The summed E-state index contributed by atoms with van der Waals surface area (Å²) in [5.74, 6) is 2.06. The van der Waals surface area contributed by atoms with Crippen LogP contribution in [0.5, 0.6) is 0 Å². The van der Waals surface area contributed by atoms with Crippen LogP contribution in [0.4, 0.5) is 17.6 Å². The maximum atomic E-state index is 10.2. The molecule has 0 bridgehead atoms. The van der Waals surface area contributed by atoms with Crippen molar-refractivity contribution in [2.75, 3.05) is 28.6 Å². The number of nitrogens with two attached hydrogens (primary N) is 1. The van der Waals surface area contributed by atoms with Crippen LogP contribution in [-0.2, 0) is 6.54 Å². The molecule has 2 aromatic heterocycles. The number of aliphatic hydroxyl groups is 1. The van der Waals surface area contributed by atoms with E-state index in [2.05, 4.69) is 25.8 Å². The normalized spacial score (nSPS) is 22.2. The number of hydrogen-bond donors (Lipinski definition) is 2. The Morgan fingerprint density at radius 2 is 1.96 bits per heavy atom. The van der Waals surface area contributed by atoms with Gasteiger partial charge < -0.3 is 20.6 Å². The van der Waals surface area contributed by atoms with Crippen molar-refractivity contribution in [3.05, 3.63) is 48.2 Å². The van der Waals surface area contributed by atoms with Gasteiger partial charge >= 0.3 is 0 Å². The Bertz CT molecular complexity index is 977. The van der Waals surface area contributed by atoms with E-state index in [1.54, 1.807) is 6.20 Å². The Kier molecular flexibility index (Phi) is 3.43. The molecule has 1 saturated heterocycles. The highest BCUT2D eigenvalue weighted by atomic mass is 16.3. The van der Waals surface area contributed by atoms with Gasteiger partial charge in [-0.1, -0.05) is 18.2 Å². The second-order valence-corrected chi connectivity index (χ2v) is 6.99. The summed E-state index contributed by atoms with van der Waals surface area (Å²) in [6.07, 6.45) is 2.19. The average Bonchev–Trinajstić information content (AvgIpc) is 2.94. The fourth-order valence-electron chi connectivity index (χ4n) is 4.04. The molecule has 7 nitrogen and oxygen atoms in total. The van der Waals surface area contributed by atoms with Gasteiger partial charge in [0, 0.05) is 36.8 Å². The Labute approximate surface area is 151 Å². The van der Waals surface area contributed by atoms with Crippen LogP contribution in [0.1, 0.15) is 12.0 Å². The number of anilines is 3. The van der Waals surface area contributed by atoms with Crippen LogP contribution in [-0.4, -0.2) is 45.3 Å². The maximum absolute atomic E-state index is 10.2. The number of rotatable bonds is 1. The van der Waals surface area contributed by atoms with Crippen LogP contribution >= 0.6 is 0 Å². The van der Waals surface area contributed by atoms with E-state index in [1.807, 2.05) is 30.3 Å². The van der Waals surface area contributed by atoms with Crippen LogP contribution in [0.2, 0.25) is 0 Å². The van der Waals surface area contributed by atoms with E-state index in [4.69, 9.17) is 10.7 Å². The number of hydrogen-bond acceptors (Lipinski definition) is 7. The van der Waals surface area contributed by atoms with Crippen molar-refractivity contribution in [1.29, 1.82) is 0 Å². The molecule has 1 fully saturated rings. The second-order valence-electron chi connectivity index (χ2n) is 6.99. The summed E-state index contributed by atoms with van der Waals surface area (Å²) in [7, 11) is 0. The van der Waals surface area contributed by atoms with Gasteiger partial charge in [0.15, 0.2) is 0 Å². The van der Waals surface area contributed by atoms with Crippen molar-refractivity contribution in [1.82, 2.24) is 15.0 Å². The predicted octanol–water partition coefficient (Wildman–Crippen LogP) is 1.57. The zero-order valence-electron chi connectivity index (χ0n) is 14.3. The highest BCUT2D eigenvalue weighted by Gasteiger charge is 2.37. The van der Waals surface area contributed by atoms with Crippen LogP contribution in [0, 0.1) is 0 Å². The molecule has 0 aliphatic carbocycles. The molecule has 2 atom stereocenters. The van der Waals surface area contributed by atoms with Gasteiger partial charge in [0.05, 0.1) is 17.7 Å². The molecule has 1 aromatic carbocycles. The summed E-state index contributed by atoms with van der Waals surface area (Å²) < 4.78 is 0. The zero-order chi connectivity index (χ0) is 17.7. The minimum atomic E-state index is -0.336. The number of benzene rings is 1. The van der Waals surface area contributed by atoms with Crippen LogP contribution in [0.25, 0.3) is 10.9 Å². The van der Waals surface area contributed by atoms with E-state index < -0.39 is 0 Å². The summed E-state index contributed by atoms with van der Waals surface area (Å²) in [5.41, 5.74) is 8.14. The number of fused-ring (bicyclic) bond motifs is 4. The van der Waals surface area contributed by atoms with Gasteiger partial charge in [-0.3, -0.25) is 0 Å².